The van der Waals surface area contributed by atoms with E-state index in [2.05, 4.69) is 28.8 Å². The van der Waals surface area contributed by atoms with E-state index < -0.39 is 0 Å². The molecule has 3 rings (SSSR count). The largest absolute Gasteiger partial charge is 0.496 e. The first kappa shape index (κ1) is 16.9. The van der Waals surface area contributed by atoms with Crippen molar-refractivity contribution in [2.75, 3.05) is 14.2 Å². The average molecular weight is 361 g/mol. The fraction of sp³-hybridized carbons (Fsp3) is 0.294. The number of thiophene rings is 1. The fourth-order valence-electron chi connectivity index (χ4n) is 2.62. The van der Waals surface area contributed by atoms with Crippen LogP contribution in [0.5, 0.6) is 5.75 Å². The van der Waals surface area contributed by atoms with Crippen LogP contribution in [0.1, 0.15) is 5.56 Å². The lowest BCUT2D eigenvalue weighted by atomic mass is 10.2. The molecule has 0 bridgehead atoms. The molecule has 0 aliphatic rings. The van der Waals surface area contributed by atoms with Crippen molar-refractivity contribution in [2.45, 2.75) is 13.2 Å². The fourth-order valence-corrected chi connectivity index (χ4v) is 3.46. The first-order valence-corrected chi connectivity index (χ1v) is 8.92. The van der Waals surface area contributed by atoms with Crippen LogP contribution in [0, 0.1) is 4.77 Å². The van der Waals surface area contributed by atoms with Gasteiger partial charge in [-0.25, -0.2) is 4.68 Å². The van der Waals surface area contributed by atoms with Crippen LogP contribution in [0.3, 0.4) is 0 Å². The SMILES string of the molecule is COc1ccccc1-c1nn(CN(C)Cc2ccsc2)c(=S)n1C. The average Bonchev–Trinajstić information content (AvgIpc) is 3.18. The zero-order valence-corrected chi connectivity index (χ0v) is 15.6. The lowest BCUT2D eigenvalue weighted by Gasteiger charge is -2.15. The zero-order valence-electron chi connectivity index (χ0n) is 14.0. The Labute approximate surface area is 150 Å². The molecular weight excluding hydrogens is 340 g/mol. The van der Waals surface area contributed by atoms with Gasteiger partial charge in [-0.3, -0.25) is 4.90 Å². The summed E-state index contributed by atoms with van der Waals surface area (Å²) in [6.07, 6.45) is 0. The van der Waals surface area contributed by atoms with E-state index in [0.717, 1.165) is 23.7 Å². The normalized spacial score (nSPS) is 11.2. The summed E-state index contributed by atoms with van der Waals surface area (Å²) in [7, 11) is 5.67. The molecule has 126 valence electrons. The number of hydrogen-bond donors (Lipinski definition) is 0. The van der Waals surface area contributed by atoms with Crippen LogP contribution in [0.25, 0.3) is 11.4 Å². The number of aromatic nitrogens is 3. The van der Waals surface area contributed by atoms with Gasteiger partial charge < -0.3 is 9.30 Å². The van der Waals surface area contributed by atoms with Crippen molar-refractivity contribution in [3.8, 4) is 17.1 Å². The molecule has 24 heavy (non-hydrogen) atoms. The minimum atomic E-state index is 0.637. The molecule has 0 radical (unpaired) electrons. The molecule has 7 heteroatoms. The predicted molar refractivity (Wildman–Crippen MR) is 99.8 cm³/mol. The Hall–Kier alpha value is -1.96. The summed E-state index contributed by atoms with van der Waals surface area (Å²) in [5.41, 5.74) is 2.24. The van der Waals surface area contributed by atoms with Crippen molar-refractivity contribution in [3.05, 3.63) is 51.4 Å². The number of nitrogens with zero attached hydrogens (tertiary/aromatic N) is 4. The Balaban J connectivity index is 1.87. The summed E-state index contributed by atoms with van der Waals surface area (Å²) in [5, 5.41) is 8.97. The molecule has 5 nitrogen and oxygen atoms in total. The number of ether oxygens (including phenoxy) is 1. The summed E-state index contributed by atoms with van der Waals surface area (Å²) in [6.45, 7) is 1.50. The van der Waals surface area contributed by atoms with Crippen LogP contribution in [-0.4, -0.2) is 33.4 Å². The van der Waals surface area contributed by atoms with E-state index in [9.17, 15) is 0 Å². The van der Waals surface area contributed by atoms with Gasteiger partial charge in [0, 0.05) is 13.6 Å². The van der Waals surface area contributed by atoms with E-state index in [1.54, 1.807) is 18.4 Å². The van der Waals surface area contributed by atoms with Crippen molar-refractivity contribution in [1.29, 1.82) is 0 Å². The molecule has 3 aromatic rings. The standard InChI is InChI=1S/C17H20N4OS2/c1-19(10-13-8-9-24-11-13)12-21-17(23)20(2)16(18-21)14-6-4-5-7-15(14)22-3/h4-9,11H,10,12H2,1-3H3. The smallest absolute Gasteiger partial charge is 0.199 e. The molecule has 0 unspecified atom stereocenters. The van der Waals surface area contributed by atoms with Crippen molar-refractivity contribution in [1.82, 2.24) is 19.2 Å². The molecule has 1 aromatic carbocycles. The Morgan fingerprint density at radius 3 is 2.79 bits per heavy atom. The van der Waals surface area contributed by atoms with Crippen LogP contribution in [-0.2, 0) is 20.3 Å². The maximum atomic E-state index is 5.56. The molecule has 0 saturated carbocycles. The van der Waals surface area contributed by atoms with Gasteiger partial charge in [-0.05, 0) is 53.8 Å². The maximum absolute atomic E-state index is 5.56. The van der Waals surface area contributed by atoms with Crippen molar-refractivity contribution in [2.24, 2.45) is 7.05 Å². The van der Waals surface area contributed by atoms with Gasteiger partial charge in [-0.2, -0.15) is 16.4 Å². The van der Waals surface area contributed by atoms with Crippen molar-refractivity contribution < 1.29 is 4.74 Å². The van der Waals surface area contributed by atoms with Gasteiger partial charge in [0.15, 0.2) is 10.6 Å². The van der Waals surface area contributed by atoms with Gasteiger partial charge in [-0.15, -0.1) is 0 Å². The molecule has 0 atom stereocenters. The zero-order chi connectivity index (χ0) is 17.1. The third-order valence-corrected chi connectivity index (χ3v) is 5.01. The third-order valence-electron chi connectivity index (χ3n) is 3.80. The number of rotatable bonds is 6. The van der Waals surface area contributed by atoms with E-state index in [0.29, 0.717) is 11.4 Å². The van der Waals surface area contributed by atoms with Gasteiger partial charge in [0.25, 0.3) is 0 Å². The molecule has 0 amide bonds. The summed E-state index contributed by atoms with van der Waals surface area (Å²) in [6, 6.07) is 9.99. The minimum Gasteiger partial charge on any atom is -0.496 e. The number of benzene rings is 1. The molecule has 0 aliphatic heterocycles. The van der Waals surface area contributed by atoms with E-state index in [-0.39, 0.29) is 0 Å². The van der Waals surface area contributed by atoms with Crippen molar-refractivity contribution in [3.63, 3.8) is 0 Å². The second-order valence-corrected chi connectivity index (χ2v) is 6.80. The van der Waals surface area contributed by atoms with E-state index in [1.807, 2.05) is 40.6 Å². The first-order valence-electron chi connectivity index (χ1n) is 7.57. The van der Waals surface area contributed by atoms with E-state index in [1.165, 1.54) is 5.56 Å². The summed E-state index contributed by atoms with van der Waals surface area (Å²) in [4.78, 5) is 2.19. The molecule has 0 saturated heterocycles. The lowest BCUT2D eigenvalue weighted by molar-refractivity contribution is 0.244. The second kappa shape index (κ2) is 7.29. The van der Waals surface area contributed by atoms with Crippen LogP contribution in [0.2, 0.25) is 0 Å². The molecule has 2 aromatic heterocycles. The van der Waals surface area contributed by atoms with Gasteiger partial charge in [0.2, 0.25) is 0 Å². The topological polar surface area (TPSA) is 35.2 Å². The van der Waals surface area contributed by atoms with Gasteiger partial charge in [0.1, 0.15) is 5.75 Å². The predicted octanol–water partition coefficient (Wildman–Crippen LogP) is 3.78. The minimum absolute atomic E-state index is 0.637. The summed E-state index contributed by atoms with van der Waals surface area (Å²) < 4.78 is 9.91. The summed E-state index contributed by atoms with van der Waals surface area (Å²) >= 11 is 7.27. The molecule has 0 aliphatic carbocycles. The first-order chi connectivity index (χ1) is 11.6. The lowest BCUT2D eigenvalue weighted by Crippen LogP contribution is -2.22. The highest BCUT2D eigenvalue weighted by Gasteiger charge is 2.14. The van der Waals surface area contributed by atoms with Crippen LogP contribution in [0.15, 0.2) is 41.1 Å². The highest BCUT2D eigenvalue weighted by Crippen LogP contribution is 2.28. The van der Waals surface area contributed by atoms with E-state index >= 15 is 0 Å². The highest BCUT2D eigenvalue weighted by atomic mass is 32.1. The molecule has 0 fully saturated rings. The second-order valence-electron chi connectivity index (χ2n) is 5.65. The Morgan fingerprint density at radius 2 is 2.08 bits per heavy atom. The molecular formula is C17H20N4OS2. The molecule has 2 heterocycles. The van der Waals surface area contributed by atoms with Crippen molar-refractivity contribution >= 4 is 23.6 Å². The third kappa shape index (κ3) is 3.43. The highest BCUT2D eigenvalue weighted by molar-refractivity contribution is 7.71. The Morgan fingerprint density at radius 1 is 1.29 bits per heavy atom. The summed E-state index contributed by atoms with van der Waals surface area (Å²) in [5.74, 6) is 1.60. The van der Waals surface area contributed by atoms with E-state index in [4.69, 9.17) is 22.1 Å². The number of hydrogen-bond acceptors (Lipinski definition) is 5. The number of para-hydroxylation sites is 1. The number of methoxy groups -OCH3 is 1. The van der Waals surface area contributed by atoms with Crippen LogP contribution >= 0.6 is 23.6 Å². The van der Waals surface area contributed by atoms with Gasteiger partial charge in [0.05, 0.1) is 19.3 Å². The quantitative estimate of drug-likeness (QED) is 0.627. The Kier molecular flexibility index (Phi) is 5.13. The molecule has 0 N–H and O–H groups in total. The van der Waals surface area contributed by atoms with Crippen LogP contribution < -0.4 is 4.74 Å². The van der Waals surface area contributed by atoms with Gasteiger partial charge in [-0.1, -0.05) is 12.1 Å². The van der Waals surface area contributed by atoms with Crippen LogP contribution in [0.4, 0.5) is 0 Å². The Bertz CT molecular complexity index is 867. The maximum Gasteiger partial charge on any atom is 0.199 e. The monoisotopic (exact) mass is 360 g/mol. The van der Waals surface area contributed by atoms with Gasteiger partial charge >= 0.3 is 0 Å². The molecule has 0 spiro atoms.